The zero-order chi connectivity index (χ0) is 44.3. The predicted octanol–water partition coefficient (Wildman–Crippen LogP) is 6.09. The summed E-state index contributed by atoms with van der Waals surface area (Å²) in [6, 6.07) is 19.2. The maximum absolute atomic E-state index is 13.2. The van der Waals surface area contributed by atoms with E-state index in [9.17, 15) is 24.2 Å². The topological polar surface area (TPSA) is 167 Å². The number of halogens is 1. The van der Waals surface area contributed by atoms with E-state index >= 15 is 0 Å². The largest absolute Gasteiger partial charge is 0.370 e. The second-order valence-electron chi connectivity index (χ2n) is 16.9. The third-order valence-electron chi connectivity index (χ3n) is 12.5. The lowest BCUT2D eigenvalue weighted by Gasteiger charge is -2.43. The highest BCUT2D eigenvalue weighted by Gasteiger charge is 2.40. The van der Waals surface area contributed by atoms with Gasteiger partial charge in [-0.05, 0) is 86.5 Å². The summed E-state index contributed by atoms with van der Waals surface area (Å²) in [5, 5.41) is 20.3. The third kappa shape index (κ3) is 9.75. The van der Waals surface area contributed by atoms with E-state index in [1.165, 1.54) is 6.20 Å². The number of aromatic nitrogens is 2. The van der Waals surface area contributed by atoms with Gasteiger partial charge in [0, 0.05) is 93.4 Å². The second-order valence-corrected chi connectivity index (χ2v) is 20.5. The fourth-order valence-electron chi connectivity index (χ4n) is 9.20. The van der Waals surface area contributed by atoms with E-state index in [2.05, 4.69) is 71.5 Å². The number of hydrogen-bond donors (Lipinski definition) is 3. The van der Waals surface area contributed by atoms with Crippen LogP contribution >= 0.6 is 18.7 Å². The molecule has 1 atom stereocenters. The van der Waals surface area contributed by atoms with Crippen LogP contribution in [-0.2, 0) is 27.1 Å². The number of nitrogens with one attached hydrogen (secondary N) is 3. The van der Waals surface area contributed by atoms with E-state index in [0.717, 1.165) is 87.5 Å². The number of hydrogen-bond acceptors (Lipinski definition) is 12. The van der Waals surface area contributed by atoms with Gasteiger partial charge in [-0.2, -0.15) is 10.2 Å². The van der Waals surface area contributed by atoms with E-state index in [1.54, 1.807) is 24.3 Å². The zero-order valence-electron chi connectivity index (χ0n) is 35.9. The molecule has 0 spiro atoms. The number of benzene rings is 3. The van der Waals surface area contributed by atoms with Crippen LogP contribution in [0, 0.1) is 23.2 Å². The Kier molecular flexibility index (Phi) is 13.2. The molecule has 0 aliphatic carbocycles. The van der Waals surface area contributed by atoms with Gasteiger partial charge < -0.3 is 25.0 Å². The van der Waals surface area contributed by atoms with E-state index in [-0.39, 0.29) is 18.2 Å². The molecule has 4 aromatic rings. The highest BCUT2D eigenvalue weighted by molar-refractivity contribution is 7.70. The van der Waals surface area contributed by atoms with Crippen LogP contribution in [0.2, 0.25) is 5.02 Å². The predicted molar refractivity (Wildman–Crippen MR) is 247 cm³/mol. The van der Waals surface area contributed by atoms with Crippen molar-refractivity contribution in [3.8, 4) is 17.9 Å². The molecule has 8 rings (SSSR count). The maximum Gasteiger partial charge on any atom is 0.255 e. The molecule has 0 saturated carbocycles. The number of rotatable bonds is 11. The Balaban J connectivity index is 0.831. The molecular weight excluding hydrogens is 835 g/mol. The number of imide groups is 1. The molecule has 4 aliphatic heterocycles. The summed E-state index contributed by atoms with van der Waals surface area (Å²) in [5.41, 5.74) is 6.30. The van der Waals surface area contributed by atoms with Crippen LogP contribution in [0.4, 0.5) is 28.8 Å². The van der Waals surface area contributed by atoms with Crippen LogP contribution in [0.25, 0.3) is 0 Å². The Bertz CT molecular complexity index is 2580. The minimum absolute atomic E-state index is 0.187. The van der Waals surface area contributed by atoms with Crippen LogP contribution in [0.5, 0.6) is 0 Å². The van der Waals surface area contributed by atoms with Gasteiger partial charge in [0.1, 0.15) is 24.3 Å². The molecule has 3 fully saturated rings. The third-order valence-corrected chi connectivity index (χ3v) is 14.3. The molecule has 63 heavy (non-hydrogen) atoms. The van der Waals surface area contributed by atoms with Gasteiger partial charge >= 0.3 is 0 Å². The SMILES string of the molecule is CCc1cc(Nc2ncc(Cl)c(Nc3ccccc3P(C)(C)=O)n2)cc(C#N)c1N1CCC(N2CCN(CCC#Cc3cccc4c3CN(C3CCC(=O)NC3=O)C4=O)CC2)CC1. The summed E-state index contributed by atoms with van der Waals surface area (Å²) in [5.74, 6) is 6.44. The minimum Gasteiger partial charge on any atom is -0.370 e. The van der Waals surface area contributed by atoms with E-state index < -0.39 is 19.1 Å². The molecular formula is C47H52ClN10O4P. The molecule has 0 bridgehead atoms. The summed E-state index contributed by atoms with van der Waals surface area (Å²) in [4.78, 5) is 55.4. The van der Waals surface area contributed by atoms with Crippen LogP contribution in [0.15, 0.2) is 60.8 Å². The number of anilines is 5. The lowest BCUT2D eigenvalue weighted by Crippen LogP contribution is -2.53. The molecule has 3 aromatic carbocycles. The molecule has 4 aliphatic rings. The Labute approximate surface area is 373 Å². The van der Waals surface area contributed by atoms with Gasteiger partial charge in [0.05, 0.1) is 23.1 Å². The molecule has 3 saturated heterocycles. The van der Waals surface area contributed by atoms with Crippen molar-refractivity contribution in [3.63, 3.8) is 0 Å². The monoisotopic (exact) mass is 886 g/mol. The first kappa shape index (κ1) is 43.9. The number of nitrogens with zero attached hydrogens (tertiary/aromatic N) is 7. The van der Waals surface area contributed by atoms with Crippen molar-refractivity contribution >= 4 is 70.6 Å². The standard InChI is InChI=1S/C47H52ClN10O4P/c1-4-31-26-34(51-47-50-29-38(48)44(54-47)52-39-13-5-6-14-41(39)63(2,3)62)27-33(28-49)43(31)57-20-17-35(18-21-57)56-24-22-55(23-25-56)19-8-7-10-32-11-9-12-36-37(32)30-58(46(36)61)40-15-16-42(59)53-45(40)60/h5-6,9,11-14,26-27,29,35,40H,4,8,15-25,30H2,1-3H3,(H,53,59,60)(H2,50,51,52,54). The summed E-state index contributed by atoms with van der Waals surface area (Å²) < 4.78 is 12.9. The highest BCUT2D eigenvalue weighted by Crippen LogP contribution is 2.39. The van der Waals surface area contributed by atoms with Crippen molar-refractivity contribution in [2.24, 2.45) is 0 Å². The fraction of sp³-hybridized carbons (Fsp3) is 0.404. The molecule has 1 aromatic heterocycles. The molecule has 0 radical (unpaired) electrons. The summed E-state index contributed by atoms with van der Waals surface area (Å²) >= 11 is 6.50. The van der Waals surface area contributed by atoms with Crippen molar-refractivity contribution in [1.29, 1.82) is 5.26 Å². The molecule has 16 heteroatoms. The summed E-state index contributed by atoms with van der Waals surface area (Å²) in [6.07, 6.45) is 5.59. The lowest BCUT2D eigenvalue weighted by atomic mass is 9.97. The molecule has 5 heterocycles. The molecule has 14 nitrogen and oxygen atoms in total. The number of aryl methyl sites for hydroxylation is 1. The number of piperidine rings is 2. The smallest absolute Gasteiger partial charge is 0.255 e. The van der Waals surface area contributed by atoms with Crippen LogP contribution in [-0.4, -0.2) is 114 Å². The van der Waals surface area contributed by atoms with Gasteiger partial charge in [0.2, 0.25) is 17.8 Å². The van der Waals surface area contributed by atoms with Crippen LogP contribution < -0.4 is 26.2 Å². The fourth-order valence-corrected chi connectivity index (χ4v) is 10.5. The average Bonchev–Trinajstić information content (AvgIpc) is 3.62. The van der Waals surface area contributed by atoms with Crippen LogP contribution in [0.3, 0.4) is 0 Å². The first-order valence-electron chi connectivity index (χ1n) is 21.6. The summed E-state index contributed by atoms with van der Waals surface area (Å²) in [7, 11) is -2.57. The normalized spacial score (nSPS) is 18.7. The zero-order valence-corrected chi connectivity index (χ0v) is 37.6. The van der Waals surface area contributed by atoms with Gasteiger partial charge in [0.15, 0.2) is 5.82 Å². The van der Waals surface area contributed by atoms with Crippen molar-refractivity contribution in [2.45, 2.75) is 64.1 Å². The maximum atomic E-state index is 13.2. The molecule has 1 unspecified atom stereocenters. The van der Waals surface area contributed by atoms with Gasteiger partial charge in [-0.15, -0.1) is 0 Å². The van der Waals surface area contributed by atoms with Gasteiger partial charge in [-0.3, -0.25) is 29.5 Å². The molecule has 3 amide bonds. The lowest BCUT2D eigenvalue weighted by molar-refractivity contribution is -0.136. The van der Waals surface area contributed by atoms with E-state index in [1.807, 2.05) is 42.5 Å². The van der Waals surface area contributed by atoms with Crippen molar-refractivity contribution in [2.75, 3.05) is 74.7 Å². The number of amides is 3. The van der Waals surface area contributed by atoms with Crippen molar-refractivity contribution in [3.05, 3.63) is 93.6 Å². The second kappa shape index (κ2) is 18.9. The first-order valence-corrected chi connectivity index (χ1v) is 24.6. The van der Waals surface area contributed by atoms with E-state index in [0.29, 0.717) is 70.0 Å². The van der Waals surface area contributed by atoms with Crippen LogP contribution in [0.1, 0.15) is 71.6 Å². The Hall–Kier alpha value is -5.76. The Morgan fingerprint density at radius 2 is 1.73 bits per heavy atom. The van der Waals surface area contributed by atoms with Crippen molar-refractivity contribution < 1.29 is 18.9 Å². The summed E-state index contributed by atoms with van der Waals surface area (Å²) in [6.45, 7) is 12.4. The van der Waals surface area contributed by atoms with Crippen molar-refractivity contribution in [1.82, 2.24) is 30.0 Å². The number of carbonyl (C=O) groups is 3. The highest BCUT2D eigenvalue weighted by atomic mass is 35.5. The molecule has 3 N–H and O–H groups in total. The number of piperazine rings is 1. The first-order chi connectivity index (χ1) is 30.4. The number of carbonyl (C=O) groups excluding carboxylic acids is 3. The Morgan fingerprint density at radius 1 is 0.952 bits per heavy atom. The number of fused-ring (bicyclic) bond motifs is 1. The number of para-hydroxylation sites is 1. The Morgan fingerprint density at radius 3 is 2.46 bits per heavy atom. The van der Waals surface area contributed by atoms with E-state index in [4.69, 9.17) is 11.6 Å². The van der Waals surface area contributed by atoms with Gasteiger partial charge in [0.25, 0.3) is 5.91 Å². The minimum atomic E-state index is -2.57. The average molecular weight is 887 g/mol. The van der Waals surface area contributed by atoms with Gasteiger partial charge in [-0.1, -0.05) is 48.6 Å². The van der Waals surface area contributed by atoms with Gasteiger partial charge in [-0.25, -0.2) is 4.98 Å². The number of nitriles is 1. The molecule has 326 valence electrons. The quantitative estimate of drug-likeness (QED) is 0.0903.